The van der Waals surface area contributed by atoms with Gasteiger partial charge in [-0.1, -0.05) is 46.2 Å². The van der Waals surface area contributed by atoms with Crippen LogP contribution in [-0.2, 0) is 4.79 Å². The van der Waals surface area contributed by atoms with Gasteiger partial charge in [0, 0.05) is 20.8 Å². The third-order valence-corrected chi connectivity index (χ3v) is 4.15. The number of amides is 1. The summed E-state index contributed by atoms with van der Waals surface area (Å²) in [6, 6.07) is 15.1. The van der Waals surface area contributed by atoms with Crippen molar-refractivity contribution in [3.05, 3.63) is 75.7 Å². The fraction of sp³-hybridized carbons (Fsp3) is 0.0625. The van der Waals surface area contributed by atoms with Crippen LogP contribution < -0.4 is 4.90 Å². The van der Waals surface area contributed by atoms with Crippen molar-refractivity contribution in [2.45, 2.75) is 6.04 Å². The number of hydrogen-bond acceptors (Lipinski definition) is 1. The lowest BCUT2D eigenvalue weighted by Crippen LogP contribution is -2.48. The van der Waals surface area contributed by atoms with Crippen molar-refractivity contribution in [1.29, 1.82) is 0 Å². The number of β-lactam (4-membered cyclic amide) rings is 1. The fourth-order valence-electron chi connectivity index (χ4n) is 2.34. The lowest BCUT2D eigenvalue weighted by atomic mass is 9.88. The van der Waals surface area contributed by atoms with Crippen molar-refractivity contribution in [3.8, 4) is 0 Å². The minimum atomic E-state index is -0.100. The van der Waals surface area contributed by atoms with Crippen LogP contribution in [0.15, 0.2) is 65.2 Å². The summed E-state index contributed by atoms with van der Waals surface area (Å²) in [7, 11) is 0. The highest BCUT2D eigenvalue weighted by Crippen LogP contribution is 2.42. The number of hydrogen-bond donors (Lipinski definition) is 0. The maximum atomic E-state index is 12.1. The minimum absolute atomic E-state index is 0.0414. The van der Waals surface area contributed by atoms with E-state index in [1.807, 2.05) is 36.4 Å². The Bertz CT molecular complexity index is 617. The Hall–Kier alpha value is -1.58. The molecule has 0 bridgehead atoms. The predicted molar refractivity (Wildman–Crippen MR) is 85.0 cm³/mol. The molecule has 1 amide bonds. The zero-order chi connectivity index (χ0) is 14.3. The molecule has 2 aromatic rings. The van der Waals surface area contributed by atoms with Gasteiger partial charge in [-0.15, -0.1) is 0 Å². The van der Waals surface area contributed by atoms with Crippen LogP contribution in [0.4, 0.5) is 5.69 Å². The Morgan fingerprint density at radius 3 is 2.25 bits per heavy atom. The first-order chi connectivity index (χ1) is 9.58. The molecule has 0 N–H and O–H groups in total. The molecule has 1 aliphatic rings. The summed E-state index contributed by atoms with van der Waals surface area (Å²) >= 11 is 9.30. The van der Waals surface area contributed by atoms with Gasteiger partial charge in [0.15, 0.2) is 0 Å². The van der Waals surface area contributed by atoms with Crippen molar-refractivity contribution in [3.63, 3.8) is 0 Å². The lowest BCUT2D eigenvalue weighted by Gasteiger charge is -2.42. The first-order valence-corrected chi connectivity index (χ1v) is 7.28. The van der Waals surface area contributed by atoms with Crippen molar-refractivity contribution in [2.75, 3.05) is 4.90 Å². The van der Waals surface area contributed by atoms with Gasteiger partial charge in [0.2, 0.25) is 0 Å². The van der Waals surface area contributed by atoms with Crippen molar-refractivity contribution >= 4 is 39.1 Å². The predicted octanol–water partition coefficient (Wildman–Crippen LogP) is 4.75. The van der Waals surface area contributed by atoms with Crippen molar-refractivity contribution in [2.24, 2.45) is 0 Å². The lowest BCUT2D eigenvalue weighted by molar-refractivity contribution is -0.118. The highest BCUT2D eigenvalue weighted by molar-refractivity contribution is 9.10. The second-order valence-electron chi connectivity index (χ2n) is 4.63. The Kier molecular flexibility index (Phi) is 3.40. The smallest absolute Gasteiger partial charge is 0.256 e. The van der Waals surface area contributed by atoms with E-state index >= 15 is 0 Å². The van der Waals surface area contributed by atoms with Crippen LogP contribution in [0.5, 0.6) is 0 Å². The van der Waals surface area contributed by atoms with Gasteiger partial charge in [-0.2, -0.15) is 0 Å². The Morgan fingerprint density at radius 2 is 1.65 bits per heavy atom. The van der Waals surface area contributed by atoms with Gasteiger partial charge < -0.3 is 0 Å². The molecule has 0 radical (unpaired) electrons. The summed E-state index contributed by atoms with van der Waals surface area (Å²) in [6.45, 7) is 3.89. The van der Waals surface area contributed by atoms with E-state index < -0.39 is 0 Å². The van der Waals surface area contributed by atoms with Crippen LogP contribution in [0.2, 0.25) is 5.02 Å². The van der Waals surface area contributed by atoms with E-state index in [4.69, 9.17) is 11.6 Å². The van der Waals surface area contributed by atoms with E-state index in [1.165, 1.54) is 0 Å². The Balaban J connectivity index is 1.97. The molecule has 100 valence electrons. The van der Waals surface area contributed by atoms with Gasteiger partial charge in [0.1, 0.15) is 0 Å². The molecular formula is C16H11BrClNO. The number of nitrogens with zero attached hydrogens (tertiary/aromatic N) is 1. The van der Waals surface area contributed by atoms with Gasteiger partial charge in [-0.05, 0) is 42.0 Å². The van der Waals surface area contributed by atoms with Gasteiger partial charge in [0.25, 0.3) is 5.91 Å². The largest absolute Gasteiger partial charge is 0.297 e. The second kappa shape index (κ2) is 5.08. The van der Waals surface area contributed by atoms with E-state index in [0.29, 0.717) is 10.6 Å². The molecule has 3 rings (SSSR count). The van der Waals surface area contributed by atoms with E-state index in [-0.39, 0.29) is 11.9 Å². The molecule has 0 unspecified atom stereocenters. The average molecular weight is 349 g/mol. The molecule has 1 saturated heterocycles. The highest BCUT2D eigenvalue weighted by atomic mass is 79.9. The normalized spacial score (nSPS) is 18.1. The number of carbonyl (C=O) groups is 1. The first-order valence-electron chi connectivity index (χ1n) is 6.11. The maximum absolute atomic E-state index is 12.1. The van der Waals surface area contributed by atoms with E-state index in [0.717, 1.165) is 15.7 Å². The Labute approximate surface area is 130 Å². The summed E-state index contributed by atoms with van der Waals surface area (Å²) < 4.78 is 1.01. The molecule has 2 nitrogen and oxygen atoms in total. The van der Waals surface area contributed by atoms with Crippen molar-refractivity contribution < 1.29 is 4.79 Å². The molecular weight excluding hydrogens is 338 g/mol. The zero-order valence-corrected chi connectivity index (χ0v) is 12.9. The number of benzene rings is 2. The number of halogens is 2. The number of carbonyl (C=O) groups excluding carboxylic acids is 1. The topological polar surface area (TPSA) is 20.3 Å². The Morgan fingerprint density at radius 1 is 1.05 bits per heavy atom. The number of rotatable bonds is 2. The van der Waals surface area contributed by atoms with Gasteiger partial charge >= 0.3 is 0 Å². The minimum Gasteiger partial charge on any atom is -0.297 e. The van der Waals surface area contributed by atoms with Gasteiger partial charge in [0.05, 0.1) is 6.04 Å². The molecule has 4 heteroatoms. The van der Waals surface area contributed by atoms with Gasteiger partial charge in [-0.3, -0.25) is 9.69 Å². The van der Waals surface area contributed by atoms with E-state index in [9.17, 15) is 4.79 Å². The summed E-state index contributed by atoms with van der Waals surface area (Å²) in [4.78, 5) is 13.8. The molecule has 0 aromatic heterocycles. The average Bonchev–Trinajstić information content (AvgIpc) is 2.46. The summed E-state index contributed by atoms with van der Waals surface area (Å²) in [5, 5.41) is 0.653. The quantitative estimate of drug-likeness (QED) is 0.567. The molecule has 1 fully saturated rings. The monoisotopic (exact) mass is 347 g/mol. The molecule has 2 aromatic carbocycles. The third kappa shape index (κ3) is 2.17. The third-order valence-electron chi connectivity index (χ3n) is 3.37. The highest BCUT2D eigenvalue weighted by Gasteiger charge is 2.42. The molecule has 1 atom stereocenters. The first kappa shape index (κ1) is 13.4. The molecule has 0 saturated carbocycles. The standard InChI is InChI=1S/C16H11BrClNO/c1-10-15(11-2-4-12(17)5-3-11)19(16(10)20)14-8-6-13(18)7-9-14/h2-9,15H,1H2/t15-/m0/s1. The van der Waals surface area contributed by atoms with Crippen LogP contribution in [0.3, 0.4) is 0 Å². The van der Waals surface area contributed by atoms with Crippen LogP contribution in [0.1, 0.15) is 11.6 Å². The van der Waals surface area contributed by atoms with Crippen LogP contribution >= 0.6 is 27.5 Å². The summed E-state index contributed by atoms with van der Waals surface area (Å²) in [6.07, 6.45) is 0. The van der Waals surface area contributed by atoms with E-state index in [1.54, 1.807) is 17.0 Å². The second-order valence-corrected chi connectivity index (χ2v) is 5.98. The van der Waals surface area contributed by atoms with Crippen molar-refractivity contribution in [1.82, 2.24) is 0 Å². The SMILES string of the molecule is C=C1C(=O)N(c2ccc(Cl)cc2)[C@@H]1c1ccc(Br)cc1. The van der Waals surface area contributed by atoms with Crippen LogP contribution in [0, 0.1) is 0 Å². The molecule has 1 heterocycles. The fourth-order valence-corrected chi connectivity index (χ4v) is 2.73. The number of anilines is 1. The van der Waals surface area contributed by atoms with Crippen LogP contribution in [-0.4, -0.2) is 5.91 Å². The van der Waals surface area contributed by atoms with E-state index in [2.05, 4.69) is 22.5 Å². The zero-order valence-electron chi connectivity index (χ0n) is 10.5. The summed E-state index contributed by atoms with van der Waals surface area (Å²) in [5.41, 5.74) is 2.50. The maximum Gasteiger partial charge on any atom is 0.256 e. The summed E-state index contributed by atoms with van der Waals surface area (Å²) in [5.74, 6) is -0.0414. The molecule has 0 spiro atoms. The van der Waals surface area contributed by atoms with Crippen LogP contribution in [0.25, 0.3) is 0 Å². The molecule has 1 aliphatic heterocycles. The van der Waals surface area contributed by atoms with Gasteiger partial charge in [-0.25, -0.2) is 0 Å². The molecule has 20 heavy (non-hydrogen) atoms. The molecule has 0 aliphatic carbocycles.